The van der Waals surface area contributed by atoms with E-state index in [1.807, 2.05) is 6.07 Å². The second-order valence-corrected chi connectivity index (χ2v) is 4.83. The average molecular weight is 311 g/mol. The molecule has 20 heavy (non-hydrogen) atoms. The Kier molecular flexibility index (Phi) is 4.33. The number of hydrogen-bond donors (Lipinski definition) is 1. The molecule has 0 saturated heterocycles. The fraction of sp³-hybridized carbons (Fsp3) is 0.0714. The summed E-state index contributed by atoms with van der Waals surface area (Å²) >= 11 is 12.0. The zero-order valence-corrected chi connectivity index (χ0v) is 11.7. The molecule has 0 amide bonds. The first-order valence-corrected chi connectivity index (χ1v) is 6.32. The first kappa shape index (κ1) is 14.4. The van der Waals surface area contributed by atoms with Gasteiger partial charge < -0.3 is 10.5 Å². The lowest BCUT2D eigenvalue weighted by Crippen LogP contribution is -2.00. The summed E-state index contributed by atoms with van der Waals surface area (Å²) in [6, 6.07) is 8.80. The van der Waals surface area contributed by atoms with E-state index < -0.39 is 5.82 Å². The lowest BCUT2D eigenvalue weighted by atomic mass is 10.1. The van der Waals surface area contributed by atoms with E-state index in [9.17, 15) is 4.39 Å². The van der Waals surface area contributed by atoms with Crippen molar-refractivity contribution in [1.82, 2.24) is 0 Å². The molecule has 0 fully saturated rings. The summed E-state index contributed by atoms with van der Waals surface area (Å²) in [6.45, 7) is -0.0238. The highest BCUT2D eigenvalue weighted by Gasteiger charge is 2.11. The SMILES string of the molecule is N#Cc1ccc(F)cc1COc1c(Cl)cc(N)cc1Cl. The van der Waals surface area contributed by atoms with Gasteiger partial charge in [0.05, 0.1) is 21.7 Å². The predicted molar refractivity (Wildman–Crippen MR) is 76.3 cm³/mol. The molecule has 6 heteroatoms. The normalized spacial score (nSPS) is 10.1. The van der Waals surface area contributed by atoms with Gasteiger partial charge in [0.2, 0.25) is 0 Å². The largest absolute Gasteiger partial charge is 0.486 e. The van der Waals surface area contributed by atoms with Crippen LogP contribution in [-0.2, 0) is 6.61 Å². The number of hydrogen-bond acceptors (Lipinski definition) is 3. The Morgan fingerprint density at radius 1 is 1.20 bits per heavy atom. The quantitative estimate of drug-likeness (QED) is 0.866. The molecule has 0 saturated carbocycles. The van der Waals surface area contributed by atoms with E-state index >= 15 is 0 Å². The van der Waals surface area contributed by atoms with Gasteiger partial charge in [-0.2, -0.15) is 5.26 Å². The van der Waals surface area contributed by atoms with E-state index in [2.05, 4.69) is 0 Å². The lowest BCUT2D eigenvalue weighted by molar-refractivity contribution is 0.305. The molecule has 0 unspecified atom stereocenters. The van der Waals surface area contributed by atoms with Gasteiger partial charge >= 0.3 is 0 Å². The Morgan fingerprint density at radius 2 is 1.85 bits per heavy atom. The summed E-state index contributed by atoms with van der Waals surface area (Å²) in [7, 11) is 0. The standard InChI is InChI=1S/C14H9Cl2FN2O/c15-12-4-11(19)5-13(16)14(12)20-7-9-3-10(17)2-1-8(9)6-18/h1-5H,7,19H2. The number of nitrogen functional groups attached to an aromatic ring is 1. The van der Waals surface area contributed by atoms with Crippen molar-refractivity contribution in [2.24, 2.45) is 0 Å². The van der Waals surface area contributed by atoms with Crippen molar-refractivity contribution in [3.05, 3.63) is 57.3 Å². The van der Waals surface area contributed by atoms with Gasteiger partial charge in [0.15, 0.2) is 5.75 Å². The topological polar surface area (TPSA) is 59.0 Å². The molecule has 0 bridgehead atoms. The molecule has 0 heterocycles. The maximum absolute atomic E-state index is 13.2. The van der Waals surface area contributed by atoms with E-state index in [1.54, 1.807) is 0 Å². The number of anilines is 1. The Labute approximate surface area is 125 Å². The van der Waals surface area contributed by atoms with Gasteiger partial charge in [0, 0.05) is 11.3 Å². The molecule has 2 rings (SSSR count). The van der Waals surface area contributed by atoms with Gasteiger partial charge in [0.25, 0.3) is 0 Å². The minimum atomic E-state index is -0.447. The van der Waals surface area contributed by atoms with Gasteiger partial charge in [-0.3, -0.25) is 0 Å². The van der Waals surface area contributed by atoms with Crippen LogP contribution in [-0.4, -0.2) is 0 Å². The Balaban J connectivity index is 2.26. The highest BCUT2D eigenvalue weighted by Crippen LogP contribution is 2.35. The van der Waals surface area contributed by atoms with Gasteiger partial charge in [0.1, 0.15) is 12.4 Å². The minimum Gasteiger partial charge on any atom is -0.486 e. The fourth-order valence-electron chi connectivity index (χ4n) is 1.66. The van der Waals surface area contributed by atoms with Gasteiger partial charge in [-0.05, 0) is 30.3 Å². The van der Waals surface area contributed by atoms with Crippen molar-refractivity contribution < 1.29 is 9.13 Å². The zero-order chi connectivity index (χ0) is 14.7. The molecular formula is C14H9Cl2FN2O. The van der Waals surface area contributed by atoms with Crippen molar-refractivity contribution >= 4 is 28.9 Å². The molecule has 102 valence electrons. The smallest absolute Gasteiger partial charge is 0.157 e. The summed E-state index contributed by atoms with van der Waals surface area (Å²) in [5, 5.41) is 9.46. The number of nitrogens with zero attached hydrogens (tertiary/aromatic N) is 1. The molecule has 0 aliphatic carbocycles. The second-order valence-electron chi connectivity index (χ2n) is 4.02. The Morgan fingerprint density at radius 3 is 2.45 bits per heavy atom. The van der Waals surface area contributed by atoms with Crippen LogP contribution in [0.25, 0.3) is 0 Å². The van der Waals surface area contributed by atoms with Gasteiger partial charge in [-0.15, -0.1) is 0 Å². The number of nitriles is 1. The van der Waals surface area contributed by atoms with Crippen molar-refractivity contribution in [3.63, 3.8) is 0 Å². The Hall–Kier alpha value is -1.96. The third-order valence-corrected chi connectivity index (χ3v) is 3.14. The van der Waals surface area contributed by atoms with Crippen LogP contribution in [0.15, 0.2) is 30.3 Å². The van der Waals surface area contributed by atoms with Crippen LogP contribution >= 0.6 is 23.2 Å². The maximum atomic E-state index is 13.2. The molecule has 2 N–H and O–H groups in total. The first-order chi connectivity index (χ1) is 9.51. The van der Waals surface area contributed by atoms with Crippen LogP contribution < -0.4 is 10.5 Å². The van der Waals surface area contributed by atoms with Gasteiger partial charge in [-0.1, -0.05) is 23.2 Å². The van der Waals surface area contributed by atoms with E-state index in [-0.39, 0.29) is 22.4 Å². The van der Waals surface area contributed by atoms with Gasteiger partial charge in [-0.25, -0.2) is 4.39 Å². The van der Waals surface area contributed by atoms with E-state index in [0.717, 1.165) is 0 Å². The number of nitrogens with two attached hydrogens (primary N) is 1. The molecule has 0 aliphatic rings. The average Bonchev–Trinajstić information content (AvgIpc) is 2.37. The fourth-order valence-corrected chi connectivity index (χ4v) is 2.27. The molecule has 0 radical (unpaired) electrons. The van der Waals surface area contributed by atoms with E-state index in [0.29, 0.717) is 16.8 Å². The summed E-state index contributed by atoms with van der Waals surface area (Å²) in [4.78, 5) is 0. The molecule has 0 atom stereocenters. The zero-order valence-electron chi connectivity index (χ0n) is 10.2. The van der Waals surface area contributed by atoms with Crippen LogP contribution in [0.4, 0.5) is 10.1 Å². The first-order valence-electron chi connectivity index (χ1n) is 5.57. The molecule has 0 aliphatic heterocycles. The summed E-state index contributed by atoms with van der Waals surface area (Å²) in [5.41, 5.74) is 6.74. The highest BCUT2D eigenvalue weighted by atomic mass is 35.5. The monoisotopic (exact) mass is 310 g/mol. The second kappa shape index (κ2) is 6.00. The molecule has 2 aromatic rings. The molecule has 0 spiro atoms. The van der Waals surface area contributed by atoms with E-state index in [1.165, 1.54) is 30.3 Å². The summed E-state index contributed by atoms with van der Waals surface area (Å²) < 4.78 is 18.7. The number of benzene rings is 2. The van der Waals surface area contributed by atoms with Crippen molar-refractivity contribution in [1.29, 1.82) is 5.26 Å². The van der Waals surface area contributed by atoms with Crippen LogP contribution in [0.2, 0.25) is 10.0 Å². The van der Waals surface area contributed by atoms with Crippen molar-refractivity contribution in [2.45, 2.75) is 6.61 Å². The number of ether oxygens (including phenoxy) is 1. The van der Waals surface area contributed by atoms with Crippen LogP contribution in [0, 0.1) is 17.1 Å². The Bertz CT molecular complexity index is 675. The number of halogens is 3. The van der Waals surface area contributed by atoms with E-state index in [4.69, 9.17) is 38.9 Å². The van der Waals surface area contributed by atoms with Crippen molar-refractivity contribution in [2.75, 3.05) is 5.73 Å². The maximum Gasteiger partial charge on any atom is 0.157 e. The third-order valence-electron chi connectivity index (χ3n) is 2.58. The molecule has 2 aromatic carbocycles. The van der Waals surface area contributed by atoms with Crippen molar-refractivity contribution in [3.8, 4) is 11.8 Å². The lowest BCUT2D eigenvalue weighted by Gasteiger charge is -2.11. The van der Waals surface area contributed by atoms with Crippen LogP contribution in [0.1, 0.15) is 11.1 Å². The van der Waals surface area contributed by atoms with Crippen LogP contribution in [0.5, 0.6) is 5.75 Å². The third kappa shape index (κ3) is 3.13. The minimum absolute atomic E-state index is 0.0238. The summed E-state index contributed by atoms with van der Waals surface area (Å²) in [6.07, 6.45) is 0. The van der Waals surface area contributed by atoms with Crippen LogP contribution in [0.3, 0.4) is 0 Å². The molecular weight excluding hydrogens is 302 g/mol. The predicted octanol–water partition coefficient (Wildman–Crippen LogP) is 4.17. The summed E-state index contributed by atoms with van der Waals surface area (Å²) in [5.74, 6) is -0.201. The number of rotatable bonds is 3. The molecule has 3 nitrogen and oxygen atoms in total. The highest BCUT2D eigenvalue weighted by molar-refractivity contribution is 6.37. The molecule has 0 aromatic heterocycles.